The summed E-state index contributed by atoms with van der Waals surface area (Å²) in [6.45, 7) is 9.87. The van der Waals surface area contributed by atoms with Crippen molar-refractivity contribution in [1.29, 1.82) is 0 Å². The first-order chi connectivity index (χ1) is 8.72. The van der Waals surface area contributed by atoms with E-state index in [2.05, 4.69) is 4.98 Å². The summed E-state index contributed by atoms with van der Waals surface area (Å²) >= 11 is 0. The van der Waals surface area contributed by atoms with Crippen LogP contribution >= 0.6 is 0 Å². The van der Waals surface area contributed by atoms with Gasteiger partial charge in [0, 0.05) is 17.1 Å². The number of ether oxygens (including phenoxy) is 1. The van der Waals surface area contributed by atoms with Gasteiger partial charge in [0.15, 0.2) is 0 Å². The number of para-hydroxylation sites is 1. The summed E-state index contributed by atoms with van der Waals surface area (Å²) in [6.07, 6.45) is 0. The molecule has 0 atom stereocenters. The molecule has 0 saturated heterocycles. The van der Waals surface area contributed by atoms with Crippen LogP contribution in [0.4, 0.5) is 0 Å². The van der Waals surface area contributed by atoms with Gasteiger partial charge in [0.2, 0.25) is 0 Å². The van der Waals surface area contributed by atoms with E-state index < -0.39 is 0 Å². The number of pyridine rings is 1. The highest BCUT2D eigenvalue weighted by Crippen LogP contribution is 2.30. The zero-order chi connectivity index (χ0) is 14.1. The predicted molar refractivity (Wildman–Crippen MR) is 77.4 cm³/mol. The SMILES string of the molecule is CC.CC.COc1cc(C)nc2c(O)cccc12. The van der Waals surface area contributed by atoms with E-state index >= 15 is 0 Å². The van der Waals surface area contributed by atoms with Crippen LogP contribution in [0, 0.1) is 6.92 Å². The van der Waals surface area contributed by atoms with Crippen LogP contribution in [0.25, 0.3) is 10.9 Å². The minimum Gasteiger partial charge on any atom is -0.506 e. The Labute approximate surface area is 109 Å². The number of methoxy groups -OCH3 is 1. The minimum atomic E-state index is 0.185. The van der Waals surface area contributed by atoms with E-state index in [1.807, 2.05) is 46.8 Å². The monoisotopic (exact) mass is 249 g/mol. The Morgan fingerprint density at radius 1 is 1.11 bits per heavy atom. The fourth-order valence-corrected chi connectivity index (χ4v) is 1.49. The molecule has 1 aromatic carbocycles. The lowest BCUT2D eigenvalue weighted by molar-refractivity contribution is 0.418. The van der Waals surface area contributed by atoms with Crippen LogP contribution in [-0.2, 0) is 0 Å². The van der Waals surface area contributed by atoms with Gasteiger partial charge in [-0.05, 0) is 19.1 Å². The Kier molecular flexibility index (Phi) is 7.52. The van der Waals surface area contributed by atoms with Gasteiger partial charge in [-0.1, -0.05) is 33.8 Å². The van der Waals surface area contributed by atoms with Crippen LogP contribution in [0.3, 0.4) is 0 Å². The summed E-state index contributed by atoms with van der Waals surface area (Å²) in [5.41, 5.74) is 1.42. The number of rotatable bonds is 1. The number of hydrogen-bond acceptors (Lipinski definition) is 3. The average Bonchev–Trinajstić information content (AvgIpc) is 2.43. The zero-order valence-corrected chi connectivity index (χ0v) is 12.1. The largest absolute Gasteiger partial charge is 0.506 e. The van der Waals surface area contributed by atoms with Gasteiger partial charge in [-0.2, -0.15) is 0 Å². The highest BCUT2D eigenvalue weighted by molar-refractivity contribution is 5.89. The van der Waals surface area contributed by atoms with E-state index in [4.69, 9.17) is 4.74 Å². The summed E-state index contributed by atoms with van der Waals surface area (Å²) in [6, 6.07) is 7.12. The van der Waals surface area contributed by atoms with Crippen molar-refractivity contribution in [3.8, 4) is 11.5 Å². The molecule has 2 rings (SSSR count). The molecule has 3 heteroatoms. The lowest BCUT2D eigenvalue weighted by Crippen LogP contribution is -1.90. The van der Waals surface area contributed by atoms with Crippen LogP contribution in [0.2, 0.25) is 0 Å². The molecular weight excluding hydrogens is 226 g/mol. The lowest BCUT2D eigenvalue weighted by atomic mass is 10.1. The molecule has 1 N–H and O–H groups in total. The fraction of sp³-hybridized carbons (Fsp3) is 0.400. The Hall–Kier alpha value is -1.77. The topological polar surface area (TPSA) is 42.4 Å². The normalized spacial score (nSPS) is 8.78. The maximum atomic E-state index is 9.60. The maximum Gasteiger partial charge on any atom is 0.141 e. The van der Waals surface area contributed by atoms with Crippen molar-refractivity contribution in [2.24, 2.45) is 0 Å². The number of benzene rings is 1. The van der Waals surface area contributed by atoms with E-state index in [-0.39, 0.29) is 5.75 Å². The molecule has 18 heavy (non-hydrogen) atoms. The molecule has 0 amide bonds. The molecule has 3 nitrogen and oxygen atoms in total. The summed E-state index contributed by atoms with van der Waals surface area (Å²) in [7, 11) is 1.61. The van der Waals surface area contributed by atoms with Gasteiger partial charge in [0.1, 0.15) is 17.0 Å². The second-order valence-corrected chi connectivity index (χ2v) is 3.14. The first-order valence-electron chi connectivity index (χ1n) is 6.35. The molecule has 0 radical (unpaired) electrons. The van der Waals surface area contributed by atoms with Crippen molar-refractivity contribution < 1.29 is 9.84 Å². The third kappa shape index (κ3) is 3.62. The van der Waals surface area contributed by atoms with Crippen molar-refractivity contribution in [2.45, 2.75) is 34.6 Å². The number of phenolic OH excluding ortho intramolecular Hbond substituents is 1. The smallest absolute Gasteiger partial charge is 0.141 e. The number of aromatic hydroxyl groups is 1. The van der Waals surface area contributed by atoms with Gasteiger partial charge in [-0.15, -0.1) is 0 Å². The van der Waals surface area contributed by atoms with Crippen LogP contribution < -0.4 is 4.74 Å². The summed E-state index contributed by atoms with van der Waals surface area (Å²) in [4.78, 5) is 4.25. The van der Waals surface area contributed by atoms with Crippen molar-refractivity contribution in [3.05, 3.63) is 30.0 Å². The second kappa shape index (κ2) is 8.34. The Morgan fingerprint density at radius 3 is 2.28 bits per heavy atom. The van der Waals surface area contributed by atoms with E-state index in [1.165, 1.54) is 0 Å². The van der Waals surface area contributed by atoms with E-state index in [0.717, 1.165) is 16.8 Å². The third-order valence-electron chi connectivity index (χ3n) is 2.13. The summed E-state index contributed by atoms with van der Waals surface area (Å²) < 4.78 is 5.21. The molecule has 0 saturated carbocycles. The van der Waals surface area contributed by atoms with Crippen molar-refractivity contribution >= 4 is 10.9 Å². The zero-order valence-electron chi connectivity index (χ0n) is 12.1. The molecule has 0 unspecified atom stereocenters. The first-order valence-corrected chi connectivity index (χ1v) is 6.35. The fourth-order valence-electron chi connectivity index (χ4n) is 1.49. The van der Waals surface area contributed by atoms with Crippen LogP contribution in [-0.4, -0.2) is 17.2 Å². The van der Waals surface area contributed by atoms with Gasteiger partial charge < -0.3 is 9.84 Å². The van der Waals surface area contributed by atoms with Gasteiger partial charge in [0.05, 0.1) is 7.11 Å². The molecule has 1 heterocycles. The number of hydrogen-bond donors (Lipinski definition) is 1. The second-order valence-electron chi connectivity index (χ2n) is 3.14. The number of fused-ring (bicyclic) bond motifs is 1. The van der Waals surface area contributed by atoms with E-state index in [0.29, 0.717) is 5.52 Å². The molecule has 0 aliphatic carbocycles. The van der Waals surface area contributed by atoms with Crippen molar-refractivity contribution in [3.63, 3.8) is 0 Å². The minimum absolute atomic E-state index is 0.185. The highest BCUT2D eigenvalue weighted by Gasteiger charge is 2.06. The summed E-state index contributed by atoms with van der Waals surface area (Å²) in [5, 5.41) is 10.4. The Balaban J connectivity index is 0.000000659. The molecule has 0 aliphatic heterocycles. The van der Waals surface area contributed by atoms with Crippen LogP contribution in [0.1, 0.15) is 33.4 Å². The molecule has 100 valence electrons. The molecule has 0 aliphatic rings. The summed E-state index contributed by atoms with van der Waals surface area (Å²) in [5.74, 6) is 0.924. The number of aryl methyl sites for hydroxylation is 1. The lowest BCUT2D eigenvalue weighted by Gasteiger charge is -2.06. The maximum absolute atomic E-state index is 9.60. The van der Waals surface area contributed by atoms with Crippen molar-refractivity contribution in [2.75, 3.05) is 7.11 Å². The number of aromatic nitrogens is 1. The van der Waals surface area contributed by atoms with Gasteiger partial charge in [-0.3, -0.25) is 0 Å². The molecule has 0 bridgehead atoms. The van der Waals surface area contributed by atoms with Crippen LogP contribution in [0.15, 0.2) is 24.3 Å². The number of phenols is 1. The first kappa shape index (κ1) is 16.2. The van der Waals surface area contributed by atoms with Crippen LogP contribution in [0.5, 0.6) is 11.5 Å². The highest BCUT2D eigenvalue weighted by atomic mass is 16.5. The van der Waals surface area contributed by atoms with E-state index in [9.17, 15) is 5.11 Å². The Morgan fingerprint density at radius 2 is 1.72 bits per heavy atom. The third-order valence-corrected chi connectivity index (χ3v) is 2.13. The quantitative estimate of drug-likeness (QED) is 0.818. The molecule has 0 spiro atoms. The van der Waals surface area contributed by atoms with E-state index in [1.54, 1.807) is 19.2 Å². The molecule has 1 aromatic heterocycles. The molecule has 2 aromatic rings. The van der Waals surface area contributed by atoms with Gasteiger partial charge in [0.25, 0.3) is 0 Å². The van der Waals surface area contributed by atoms with Gasteiger partial charge in [-0.25, -0.2) is 4.98 Å². The predicted octanol–water partition coefficient (Wildman–Crippen LogP) is 4.31. The standard InChI is InChI=1S/C11H11NO2.2C2H6/c1-7-6-10(14-2)8-4-3-5-9(13)11(8)12-7;2*1-2/h3-6,13H,1-2H3;2*1-2H3. The molecule has 0 fully saturated rings. The van der Waals surface area contributed by atoms with Crippen molar-refractivity contribution in [1.82, 2.24) is 4.98 Å². The Bertz CT molecular complexity index is 481. The average molecular weight is 249 g/mol. The van der Waals surface area contributed by atoms with Gasteiger partial charge >= 0.3 is 0 Å². The number of nitrogens with zero attached hydrogens (tertiary/aromatic N) is 1. The molecular formula is C15H23NO2.